The van der Waals surface area contributed by atoms with Crippen LogP contribution in [0.3, 0.4) is 0 Å². The van der Waals surface area contributed by atoms with Gasteiger partial charge in [-0.15, -0.1) is 0 Å². The molecule has 0 rings (SSSR count). The van der Waals surface area contributed by atoms with E-state index in [2.05, 4.69) is 0 Å². The van der Waals surface area contributed by atoms with Crippen LogP contribution in [0.1, 0.15) is 0 Å². The van der Waals surface area contributed by atoms with Gasteiger partial charge in [0.05, 0.1) is 0 Å². The minimum absolute atomic E-state index is 0. The largest absolute Gasteiger partial charge is 1.00 e. The van der Waals surface area contributed by atoms with E-state index in [4.69, 9.17) is 38.1 Å². The third kappa shape index (κ3) is 34.5. The average molecular weight is 419 g/mol. The van der Waals surface area contributed by atoms with Crippen molar-refractivity contribution in [3.8, 4) is 0 Å². The fraction of sp³-hybridized carbons (Fsp3) is 0. The Morgan fingerprint density at radius 1 is 0.714 bits per heavy atom. The zero-order valence-corrected chi connectivity index (χ0v) is 18.2. The van der Waals surface area contributed by atoms with Gasteiger partial charge in [0, 0.05) is 0 Å². The second-order valence-electron chi connectivity index (χ2n) is 0.271. The molecule has 0 aromatic rings. The molecule has 0 spiro atoms. The van der Waals surface area contributed by atoms with Gasteiger partial charge in [0.15, 0.2) is 0 Å². The maximum absolute atomic E-state index is 4.98. The van der Waals surface area contributed by atoms with E-state index in [1.165, 1.54) is 0 Å². The molecule has 0 aromatic heterocycles. The van der Waals surface area contributed by atoms with Gasteiger partial charge in [0.1, 0.15) is 0 Å². The van der Waals surface area contributed by atoms with Crippen LogP contribution in [0.2, 0.25) is 0 Å². The molecule has 0 nitrogen and oxygen atoms in total. The fourth-order valence-electron chi connectivity index (χ4n) is 0. The summed E-state index contributed by atoms with van der Waals surface area (Å²) in [6, 6.07) is 0. The Balaban J connectivity index is -0.0000000800. The minimum Gasteiger partial charge on any atom is 1.00 e. The molecule has 0 saturated carbocycles. The Morgan fingerprint density at radius 3 is 0.714 bits per heavy atom. The molecule has 0 saturated heterocycles. The Kier molecular flexibility index (Phi) is 24.8. The summed E-state index contributed by atoms with van der Waals surface area (Å²) in [5.74, 6) is 0. The molecule has 0 radical (unpaired) electrons. The summed E-state index contributed by atoms with van der Waals surface area (Å²) in [7, 11) is 19.9. The Labute approximate surface area is 160 Å². The molecule has 0 aliphatic heterocycles. The maximum Gasteiger partial charge on any atom is 1.00 e. The van der Waals surface area contributed by atoms with Crippen LogP contribution in [-0.4, -0.2) is 0 Å². The van der Waals surface area contributed by atoms with Crippen molar-refractivity contribution in [3.05, 3.63) is 0 Å². The van der Waals surface area contributed by atoms with E-state index in [0.717, 1.165) is 0 Å². The zero-order valence-electron chi connectivity index (χ0n) is 3.83. The van der Waals surface area contributed by atoms with Crippen molar-refractivity contribution in [3.63, 3.8) is 0 Å². The first kappa shape index (κ1) is 18.3. The predicted molar refractivity (Wildman–Crippen MR) is 23.4 cm³/mol. The third-order valence-corrected chi connectivity index (χ3v) is 0. The smallest absolute Gasteiger partial charge is 1.00 e. The molecule has 0 atom stereocenters. The van der Waals surface area contributed by atoms with E-state index >= 15 is 0 Å². The zero-order chi connectivity index (χ0) is 4.50. The molecule has 0 fully saturated rings. The first-order valence-corrected chi connectivity index (χ1v) is 8.49. The number of rotatable bonds is 0. The summed E-state index contributed by atoms with van der Waals surface area (Å²) < 4.78 is 0. The van der Waals surface area contributed by atoms with Gasteiger partial charge in [-0.2, -0.15) is 0 Å². The summed E-state index contributed by atoms with van der Waals surface area (Å²) in [4.78, 5) is 0. The molecule has 0 aromatic carbocycles. The third-order valence-electron chi connectivity index (χ3n) is 0. The van der Waals surface area contributed by atoms with Crippen molar-refractivity contribution >= 4 is 38.1 Å². The van der Waals surface area contributed by atoms with Gasteiger partial charge in [0.25, 0.3) is 0 Å². The van der Waals surface area contributed by atoms with Gasteiger partial charge in [0.2, 0.25) is 0 Å². The molecule has 0 aliphatic carbocycles. The van der Waals surface area contributed by atoms with Gasteiger partial charge < -0.3 is 0 Å². The summed E-state index contributed by atoms with van der Waals surface area (Å²) in [5, 5.41) is 0. The molecule has 0 N–H and O–H groups in total. The van der Waals surface area contributed by atoms with E-state index in [-0.39, 0.29) is 116 Å². The van der Waals surface area contributed by atoms with Crippen molar-refractivity contribution in [2.45, 2.75) is 0 Å². The number of hydrogen-bond acceptors (Lipinski definition) is 0. The van der Waals surface area contributed by atoms with Gasteiger partial charge in [-0.1, -0.05) is 0 Å². The van der Waals surface area contributed by atoms with Crippen molar-refractivity contribution < 1.29 is 128 Å². The van der Waals surface area contributed by atoms with Crippen LogP contribution >= 0.6 is 38.1 Å². The standard InChI is InChI=1S/4ClH.Pd.2Rb/h4*1H;;;/q;;;;+2;2*+1/p-4. The summed E-state index contributed by atoms with van der Waals surface area (Å²) in [5.41, 5.74) is 0. The fourth-order valence-corrected chi connectivity index (χ4v) is 0. The SMILES string of the molecule is [Cl][Pd-2]([Cl])([Cl])[Cl].[Rb+].[Rb+]. The van der Waals surface area contributed by atoms with E-state index in [1.54, 1.807) is 0 Å². The van der Waals surface area contributed by atoms with Crippen LogP contribution in [0.15, 0.2) is 0 Å². The molecule has 7 heteroatoms. The molecule has 0 unspecified atom stereocenters. The molecular weight excluding hydrogens is 419 g/mol. The van der Waals surface area contributed by atoms with Crippen LogP contribution < -0.4 is 116 Å². The van der Waals surface area contributed by atoms with Gasteiger partial charge in [-0.3, -0.25) is 0 Å². The molecule has 0 bridgehead atoms. The second-order valence-corrected chi connectivity index (χ2v) is 14.4. The molecular formula is Cl4PdRb2. The Bertz CT molecular complexity index is 25.2. The van der Waals surface area contributed by atoms with Crippen molar-refractivity contribution in [2.24, 2.45) is 0 Å². The van der Waals surface area contributed by atoms with Gasteiger partial charge >= 0.3 is 166 Å². The normalized spacial score (nSPS) is 10.9. The van der Waals surface area contributed by atoms with Crippen LogP contribution in [0.4, 0.5) is 0 Å². The van der Waals surface area contributed by atoms with Crippen LogP contribution in [-0.2, 0) is 11.5 Å². The van der Waals surface area contributed by atoms with E-state index in [9.17, 15) is 0 Å². The summed E-state index contributed by atoms with van der Waals surface area (Å²) in [6.07, 6.45) is 0. The molecule has 40 valence electrons. The first-order chi connectivity index (χ1) is 2.00. The van der Waals surface area contributed by atoms with Crippen molar-refractivity contribution in [1.29, 1.82) is 0 Å². The molecule has 0 amide bonds. The summed E-state index contributed by atoms with van der Waals surface area (Å²) in [6.45, 7) is 0. The van der Waals surface area contributed by atoms with Crippen LogP contribution in [0, 0.1) is 0 Å². The molecule has 0 aliphatic rings. The van der Waals surface area contributed by atoms with Gasteiger partial charge in [-0.05, 0) is 0 Å². The van der Waals surface area contributed by atoms with E-state index < -0.39 is 11.5 Å². The van der Waals surface area contributed by atoms with E-state index in [0.29, 0.717) is 0 Å². The molecule has 0 heterocycles. The van der Waals surface area contributed by atoms with Crippen molar-refractivity contribution in [1.82, 2.24) is 0 Å². The second kappa shape index (κ2) is 9.52. The molecule has 7 heavy (non-hydrogen) atoms. The maximum atomic E-state index is 4.98. The summed E-state index contributed by atoms with van der Waals surface area (Å²) >= 11 is -2.81. The quantitative estimate of drug-likeness (QED) is 0.363. The Hall–Kier alpha value is 5.43. The topological polar surface area (TPSA) is 0 Å². The number of halogens is 4. The minimum atomic E-state index is -2.81. The van der Waals surface area contributed by atoms with Crippen molar-refractivity contribution in [2.75, 3.05) is 0 Å². The van der Waals surface area contributed by atoms with Crippen LogP contribution in [0.25, 0.3) is 0 Å². The Morgan fingerprint density at radius 2 is 0.714 bits per heavy atom. The number of hydrogen-bond donors (Lipinski definition) is 0. The monoisotopic (exact) mass is 416 g/mol. The predicted octanol–water partition coefficient (Wildman–Crippen LogP) is -3.24. The van der Waals surface area contributed by atoms with Crippen LogP contribution in [0.5, 0.6) is 0 Å². The van der Waals surface area contributed by atoms with Gasteiger partial charge in [-0.25, -0.2) is 0 Å². The average Bonchev–Trinajstić information content (AvgIpc) is 0.722. The first-order valence-electron chi connectivity index (χ1n) is 0.478. The van der Waals surface area contributed by atoms with E-state index in [1.807, 2.05) is 0 Å².